The van der Waals surface area contributed by atoms with Crippen molar-refractivity contribution in [2.45, 2.75) is 0 Å². The lowest BCUT2D eigenvalue weighted by Gasteiger charge is -2.05. The van der Waals surface area contributed by atoms with E-state index < -0.39 is 0 Å². The zero-order valence-electron chi connectivity index (χ0n) is 10.7. The van der Waals surface area contributed by atoms with Crippen LogP contribution in [-0.2, 0) is 4.79 Å². The van der Waals surface area contributed by atoms with Crippen LogP contribution in [0.4, 0.5) is 5.69 Å². The highest BCUT2D eigenvalue weighted by molar-refractivity contribution is 14.1. The number of hydrogen-bond acceptors (Lipinski definition) is 3. The Balaban J connectivity index is 1.76. The Morgan fingerprint density at radius 2 is 1.80 bits per heavy atom. The first kappa shape index (κ1) is 14.5. The van der Waals surface area contributed by atoms with E-state index in [1.54, 1.807) is 6.21 Å². The number of nitrogens with one attached hydrogen (secondary N) is 2. The molecule has 0 aliphatic rings. The molecule has 0 aliphatic heterocycles. The second-order valence-corrected chi connectivity index (χ2v) is 5.31. The molecular weight excluding hydrogens is 365 g/mol. The summed E-state index contributed by atoms with van der Waals surface area (Å²) in [6.07, 6.45) is 1.61. The average molecular weight is 379 g/mol. The highest BCUT2D eigenvalue weighted by Gasteiger charge is 1.99. The zero-order chi connectivity index (χ0) is 14.2. The minimum Gasteiger partial charge on any atom is -0.376 e. The van der Waals surface area contributed by atoms with Crippen LogP contribution in [0.15, 0.2) is 59.7 Å². The zero-order valence-corrected chi connectivity index (χ0v) is 12.9. The molecule has 4 nitrogen and oxygen atoms in total. The third-order valence-electron chi connectivity index (χ3n) is 2.50. The number of nitrogens with zero attached hydrogens (tertiary/aromatic N) is 1. The number of benzene rings is 2. The normalized spacial score (nSPS) is 10.4. The van der Waals surface area contributed by atoms with Crippen molar-refractivity contribution in [2.24, 2.45) is 5.10 Å². The van der Waals surface area contributed by atoms with E-state index in [1.807, 2.05) is 54.6 Å². The summed E-state index contributed by atoms with van der Waals surface area (Å²) in [7, 11) is 0. The molecule has 2 aromatic carbocycles. The lowest BCUT2D eigenvalue weighted by molar-refractivity contribution is -0.119. The molecule has 20 heavy (non-hydrogen) atoms. The molecule has 0 fully saturated rings. The summed E-state index contributed by atoms with van der Waals surface area (Å²) >= 11 is 2.24. The fraction of sp³-hybridized carbons (Fsp3) is 0.0667. The van der Waals surface area contributed by atoms with E-state index in [-0.39, 0.29) is 12.5 Å². The monoisotopic (exact) mass is 379 g/mol. The van der Waals surface area contributed by atoms with Crippen molar-refractivity contribution >= 4 is 40.4 Å². The van der Waals surface area contributed by atoms with E-state index >= 15 is 0 Å². The van der Waals surface area contributed by atoms with Crippen molar-refractivity contribution < 1.29 is 4.79 Å². The summed E-state index contributed by atoms with van der Waals surface area (Å²) in [5.41, 5.74) is 4.33. The van der Waals surface area contributed by atoms with Crippen molar-refractivity contribution in [3.63, 3.8) is 0 Å². The van der Waals surface area contributed by atoms with Gasteiger partial charge in [0.1, 0.15) is 0 Å². The van der Waals surface area contributed by atoms with Crippen LogP contribution in [-0.4, -0.2) is 18.7 Å². The molecule has 1 amide bonds. The number of hydrogen-bond donors (Lipinski definition) is 2. The molecule has 0 aliphatic carbocycles. The van der Waals surface area contributed by atoms with Gasteiger partial charge in [0.05, 0.1) is 12.8 Å². The van der Waals surface area contributed by atoms with Crippen LogP contribution < -0.4 is 10.7 Å². The van der Waals surface area contributed by atoms with Gasteiger partial charge >= 0.3 is 0 Å². The quantitative estimate of drug-likeness (QED) is 0.477. The Morgan fingerprint density at radius 1 is 1.10 bits per heavy atom. The van der Waals surface area contributed by atoms with Crippen molar-refractivity contribution in [3.8, 4) is 0 Å². The number of amides is 1. The Kier molecular flexibility index (Phi) is 5.55. The maximum atomic E-state index is 11.6. The third-order valence-corrected chi connectivity index (χ3v) is 3.22. The van der Waals surface area contributed by atoms with Crippen molar-refractivity contribution in [1.82, 2.24) is 5.43 Å². The molecule has 0 unspecified atom stereocenters. The predicted octanol–water partition coefficient (Wildman–Crippen LogP) is 2.85. The second kappa shape index (κ2) is 7.64. The summed E-state index contributed by atoms with van der Waals surface area (Å²) in [5, 5.41) is 6.93. The first-order chi connectivity index (χ1) is 9.74. The maximum absolute atomic E-state index is 11.6. The topological polar surface area (TPSA) is 53.5 Å². The number of halogens is 1. The van der Waals surface area contributed by atoms with Gasteiger partial charge in [-0.1, -0.05) is 30.3 Å². The minimum atomic E-state index is -0.185. The van der Waals surface area contributed by atoms with Crippen LogP contribution >= 0.6 is 22.6 Å². The first-order valence-corrected chi connectivity index (χ1v) is 7.18. The van der Waals surface area contributed by atoms with Gasteiger partial charge in [-0.05, 0) is 52.4 Å². The Morgan fingerprint density at radius 3 is 2.50 bits per heavy atom. The summed E-state index contributed by atoms with van der Waals surface area (Å²) in [4.78, 5) is 11.6. The molecule has 0 spiro atoms. The minimum absolute atomic E-state index is 0.185. The fourth-order valence-corrected chi connectivity index (χ4v) is 1.87. The number of hydrazone groups is 1. The summed E-state index contributed by atoms with van der Waals surface area (Å²) < 4.78 is 1.16. The van der Waals surface area contributed by atoms with E-state index in [4.69, 9.17) is 0 Å². The lowest BCUT2D eigenvalue weighted by atomic mass is 10.2. The van der Waals surface area contributed by atoms with Gasteiger partial charge in [0, 0.05) is 9.26 Å². The Labute approximate surface area is 131 Å². The standard InChI is InChI=1S/C15H14IN3O/c16-13-6-8-14(9-7-13)17-11-15(20)19-18-10-12-4-2-1-3-5-12/h1-10,17H,11H2,(H,19,20)/b18-10-. The molecular formula is C15H14IN3O. The first-order valence-electron chi connectivity index (χ1n) is 6.10. The van der Waals surface area contributed by atoms with Crippen LogP contribution in [0.1, 0.15) is 5.56 Å². The van der Waals surface area contributed by atoms with Crippen molar-refractivity contribution in [2.75, 3.05) is 11.9 Å². The highest BCUT2D eigenvalue weighted by atomic mass is 127. The van der Waals surface area contributed by atoms with Crippen LogP contribution in [0.2, 0.25) is 0 Å². The van der Waals surface area contributed by atoms with Gasteiger partial charge in [-0.25, -0.2) is 5.43 Å². The average Bonchev–Trinajstić information content (AvgIpc) is 2.48. The molecule has 2 rings (SSSR count). The van der Waals surface area contributed by atoms with E-state index in [9.17, 15) is 4.79 Å². The molecule has 2 N–H and O–H groups in total. The van der Waals surface area contributed by atoms with Gasteiger partial charge in [-0.2, -0.15) is 5.10 Å². The van der Waals surface area contributed by atoms with E-state index in [0.717, 1.165) is 14.8 Å². The summed E-state index contributed by atoms with van der Waals surface area (Å²) in [5.74, 6) is -0.185. The largest absolute Gasteiger partial charge is 0.376 e. The van der Waals surface area contributed by atoms with Gasteiger partial charge in [0.2, 0.25) is 0 Å². The van der Waals surface area contributed by atoms with Gasteiger partial charge in [0.15, 0.2) is 0 Å². The van der Waals surface area contributed by atoms with E-state index in [0.29, 0.717) is 0 Å². The molecule has 0 atom stereocenters. The lowest BCUT2D eigenvalue weighted by Crippen LogP contribution is -2.25. The highest BCUT2D eigenvalue weighted by Crippen LogP contribution is 2.10. The van der Waals surface area contributed by atoms with Crippen LogP contribution in [0, 0.1) is 3.57 Å². The Hall–Kier alpha value is -1.89. The van der Waals surface area contributed by atoms with Crippen LogP contribution in [0.25, 0.3) is 0 Å². The van der Waals surface area contributed by atoms with Gasteiger partial charge < -0.3 is 5.32 Å². The second-order valence-electron chi connectivity index (χ2n) is 4.06. The third kappa shape index (κ3) is 5.00. The molecule has 0 aromatic heterocycles. The number of carbonyl (C=O) groups is 1. The number of carbonyl (C=O) groups excluding carboxylic acids is 1. The molecule has 0 radical (unpaired) electrons. The molecule has 0 saturated carbocycles. The van der Waals surface area contributed by atoms with Gasteiger partial charge in [0.25, 0.3) is 5.91 Å². The van der Waals surface area contributed by atoms with Crippen molar-refractivity contribution in [1.29, 1.82) is 0 Å². The maximum Gasteiger partial charge on any atom is 0.259 e. The number of anilines is 1. The molecule has 0 bridgehead atoms. The molecule has 2 aromatic rings. The van der Waals surface area contributed by atoms with Gasteiger partial charge in [-0.15, -0.1) is 0 Å². The van der Waals surface area contributed by atoms with Gasteiger partial charge in [-0.3, -0.25) is 4.79 Å². The van der Waals surface area contributed by atoms with E-state index in [2.05, 4.69) is 38.4 Å². The summed E-state index contributed by atoms with van der Waals surface area (Å²) in [6.45, 7) is 0.187. The predicted molar refractivity (Wildman–Crippen MR) is 89.8 cm³/mol. The molecule has 0 saturated heterocycles. The molecule has 5 heteroatoms. The fourth-order valence-electron chi connectivity index (χ4n) is 1.51. The molecule has 0 heterocycles. The molecule has 102 valence electrons. The van der Waals surface area contributed by atoms with Crippen molar-refractivity contribution in [3.05, 3.63) is 63.7 Å². The van der Waals surface area contributed by atoms with Crippen LogP contribution in [0.5, 0.6) is 0 Å². The van der Waals surface area contributed by atoms with E-state index in [1.165, 1.54) is 0 Å². The van der Waals surface area contributed by atoms with Crippen LogP contribution in [0.3, 0.4) is 0 Å². The Bertz CT molecular complexity index is 582. The summed E-state index contributed by atoms with van der Waals surface area (Å²) in [6, 6.07) is 17.4. The number of rotatable bonds is 5. The smallest absolute Gasteiger partial charge is 0.259 e. The SMILES string of the molecule is O=C(CNc1ccc(I)cc1)N/N=C\c1ccccc1.